The molecule has 7 heteroatoms. The first-order valence-corrected chi connectivity index (χ1v) is 11.2. The van der Waals surface area contributed by atoms with Crippen LogP contribution in [0, 0.1) is 17.0 Å². The number of hydrogen-bond donors (Lipinski definition) is 2. The molecule has 0 fully saturated rings. The van der Waals surface area contributed by atoms with Crippen LogP contribution >= 0.6 is 0 Å². The molecule has 5 nitrogen and oxygen atoms in total. The molecule has 0 saturated heterocycles. The molecule has 0 aromatic heterocycles. The zero-order chi connectivity index (χ0) is 24.8. The van der Waals surface area contributed by atoms with Crippen LogP contribution in [0.4, 0.5) is 20.2 Å². The number of halogens is 2. The maximum atomic E-state index is 14.3. The van der Waals surface area contributed by atoms with Gasteiger partial charge in [0.2, 0.25) is 0 Å². The van der Waals surface area contributed by atoms with Gasteiger partial charge >= 0.3 is 0 Å². The van der Waals surface area contributed by atoms with Gasteiger partial charge in [0.15, 0.2) is 5.78 Å². The molecule has 1 atom stereocenters. The largest absolute Gasteiger partial charge is 0.378 e. The number of benzene rings is 2. The monoisotopic (exact) mass is 465 g/mol. The topological polar surface area (TPSA) is 61.4 Å². The van der Waals surface area contributed by atoms with Gasteiger partial charge in [0.05, 0.1) is 5.69 Å². The molecule has 2 N–H and O–H groups in total. The van der Waals surface area contributed by atoms with Crippen molar-refractivity contribution in [2.75, 3.05) is 24.3 Å². The Balaban J connectivity index is 1.80. The van der Waals surface area contributed by atoms with Crippen molar-refractivity contribution in [1.29, 1.82) is 0 Å². The van der Waals surface area contributed by atoms with E-state index >= 15 is 0 Å². The van der Waals surface area contributed by atoms with Gasteiger partial charge in [-0.1, -0.05) is 26.0 Å². The summed E-state index contributed by atoms with van der Waals surface area (Å²) in [5, 5.41) is 5.86. The van der Waals surface area contributed by atoms with Crippen molar-refractivity contribution in [3.63, 3.8) is 0 Å². The number of carbonyl (C=O) groups excluding carboxylic acids is 2. The molecular weight excluding hydrogens is 436 g/mol. The zero-order valence-electron chi connectivity index (χ0n) is 20.1. The molecule has 2 aromatic carbocycles. The Morgan fingerprint density at radius 3 is 2.38 bits per heavy atom. The van der Waals surface area contributed by atoms with E-state index in [0.29, 0.717) is 29.7 Å². The quantitative estimate of drug-likeness (QED) is 0.646. The van der Waals surface area contributed by atoms with E-state index in [1.165, 1.54) is 6.07 Å². The standard InChI is InChI=1S/C27H29F2N3O2/c1-15-23(26(34)31-20-11-8-17(28)12-19(20)29)24(16-6-9-18(10-7-16)32(4)5)25-21(30-15)13-27(2,3)14-22(25)33/h6-12,24,30H,13-14H2,1-5H3,(H,31,34). The third kappa shape index (κ3) is 4.47. The highest BCUT2D eigenvalue weighted by atomic mass is 19.1. The van der Waals surface area contributed by atoms with E-state index in [1.807, 2.05) is 43.3 Å². The van der Waals surface area contributed by atoms with E-state index < -0.39 is 23.5 Å². The SMILES string of the molecule is CC1=C(C(=O)Nc2ccc(F)cc2F)C(c2ccc(N(C)C)cc2)C2=C(CC(C)(C)CC2=O)N1. The second kappa shape index (κ2) is 8.70. The van der Waals surface area contributed by atoms with Crippen LogP contribution in [0.3, 0.4) is 0 Å². The van der Waals surface area contributed by atoms with Gasteiger partial charge in [-0.3, -0.25) is 9.59 Å². The van der Waals surface area contributed by atoms with Gasteiger partial charge in [0.1, 0.15) is 11.6 Å². The number of nitrogens with one attached hydrogen (secondary N) is 2. The maximum Gasteiger partial charge on any atom is 0.254 e. The molecule has 0 bridgehead atoms. The fourth-order valence-electron chi connectivity index (χ4n) is 4.82. The van der Waals surface area contributed by atoms with Gasteiger partial charge in [-0.15, -0.1) is 0 Å². The van der Waals surface area contributed by atoms with E-state index in [-0.39, 0.29) is 16.9 Å². The summed E-state index contributed by atoms with van der Waals surface area (Å²) in [5.41, 5.74) is 3.82. The number of nitrogens with zero attached hydrogens (tertiary/aromatic N) is 1. The first-order chi connectivity index (χ1) is 16.0. The summed E-state index contributed by atoms with van der Waals surface area (Å²) >= 11 is 0. The number of allylic oxidation sites excluding steroid dienone is 3. The van der Waals surface area contributed by atoms with E-state index in [2.05, 4.69) is 24.5 Å². The van der Waals surface area contributed by atoms with E-state index in [4.69, 9.17) is 0 Å². The molecule has 178 valence electrons. The smallest absolute Gasteiger partial charge is 0.254 e. The van der Waals surface area contributed by atoms with Gasteiger partial charge in [0.25, 0.3) is 5.91 Å². The van der Waals surface area contributed by atoms with Gasteiger partial charge in [-0.2, -0.15) is 0 Å². The highest BCUT2D eigenvalue weighted by Crippen LogP contribution is 2.47. The van der Waals surface area contributed by atoms with E-state index in [1.54, 1.807) is 6.92 Å². The molecule has 1 heterocycles. The molecule has 1 amide bonds. The number of amides is 1. The lowest BCUT2D eigenvalue weighted by Gasteiger charge is -2.39. The van der Waals surface area contributed by atoms with Crippen molar-refractivity contribution < 1.29 is 18.4 Å². The number of carbonyl (C=O) groups is 2. The van der Waals surface area contributed by atoms with Crippen LogP contribution in [0.25, 0.3) is 0 Å². The minimum atomic E-state index is -0.863. The molecule has 2 aliphatic rings. The number of rotatable bonds is 4. The first kappa shape index (κ1) is 23.7. The minimum Gasteiger partial charge on any atom is -0.378 e. The maximum absolute atomic E-state index is 14.3. The van der Waals surface area contributed by atoms with Crippen molar-refractivity contribution >= 4 is 23.1 Å². The lowest BCUT2D eigenvalue weighted by Crippen LogP contribution is -2.39. The predicted octanol–water partition coefficient (Wildman–Crippen LogP) is 5.27. The van der Waals surface area contributed by atoms with Crippen molar-refractivity contribution in [1.82, 2.24) is 5.32 Å². The fraction of sp³-hybridized carbons (Fsp3) is 0.333. The van der Waals surface area contributed by atoms with E-state index in [9.17, 15) is 18.4 Å². The Labute approximate surface area is 198 Å². The van der Waals surface area contributed by atoms with Crippen LogP contribution in [0.15, 0.2) is 65.0 Å². The van der Waals surface area contributed by atoms with Gasteiger partial charge in [0, 0.05) is 60.7 Å². The summed E-state index contributed by atoms with van der Waals surface area (Å²) in [4.78, 5) is 28.8. The number of Topliss-reactive ketones (excluding diaryl/α,β-unsaturated/α-hetero) is 1. The van der Waals surface area contributed by atoms with Gasteiger partial charge in [-0.05, 0) is 48.6 Å². The van der Waals surface area contributed by atoms with Crippen LogP contribution in [-0.4, -0.2) is 25.8 Å². The molecule has 1 aliphatic heterocycles. The van der Waals surface area contributed by atoms with Crippen molar-refractivity contribution in [2.24, 2.45) is 5.41 Å². The Hall–Kier alpha value is -3.48. The minimum absolute atomic E-state index is 0.00815. The lowest BCUT2D eigenvalue weighted by molar-refractivity contribution is -0.118. The Morgan fingerprint density at radius 2 is 1.76 bits per heavy atom. The number of ketones is 1. The molecule has 34 heavy (non-hydrogen) atoms. The summed E-state index contributed by atoms with van der Waals surface area (Å²) < 4.78 is 27.6. The second-order valence-electron chi connectivity index (χ2n) is 9.99. The molecule has 1 unspecified atom stereocenters. The summed E-state index contributed by atoms with van der Waals surface area (Å²) in [5.74, 6) is -2.74. The Bertz CT molecular complexity index is 1230. The Kier molecular flexibility index (Phi) is 6.06. The summed E-state index contributed by atoms with van der Waals surface area (Å²) in [6.07, 6.45) is 1.06. The van der Waals surface area contributed by atoms with Crippen molar-refractivity contribution in [2.45, 2.75) is 39.5 Å². The predicted molar refractivity (Wildman–Crippen MR) is 129 cm³/mol. The molecular formula is C27H29F2N3O2. The molecule has 0 radical (unpaired) electrons. The third-order valence-electron chi connectivity index (χ3n) is 6.41. The molecule has 0 spiro atoms. The highest BCUT2D eigenvalue weighted by Gasteiger charge is 2.42. The van der Waals surface area contributed by atoms with Crippen molar-refractivity contribution in [3.8, 4) is 0 Å². The molecule has 0 saturated carbocycles. The summed E-state index contributed by atoms with van der Waals surface area (Å²) in [6, 6.07) is 10.7. The lowest BCUT2D eigenvalue weighted by atomic mass is 9.68. The first-order valence-electron chi connectivity index (χ1n) is 11.2. The third-order valence-corrected chi connectivity index (χ3v) is 6.41. The molecule has 1 aliphatic carbocycles. The van der Waals surface area contributed by atoms with Crippen LogP contribution in [-0.2, 0) is 9.59 Å². The summed E-state index contributed by atoms with van der Waals surface area (Å²) in [6.45, 7) is 5.89. The average Bonchev–Trinajstić information content (AvgIpc) is 2.73. The van der Waals surface area contributed by atoms with Crippen molar-refractivity contribution in [3.05, 3.63) is 82.2 Å². The molecule has 2 aromatic rings. The number of dihydropyridines is 1. The highest BCUT2D eigenvalue weighted by molar-refractivity contribution is 6.10. The number of anilines is 2. The van der Waals surface area contributed by atoms with Crippen LogP contribution < -0.4 is 15.5 Å². The summed E-state index contributed by atoms with van der Waals surface area (Å²) in [7, 11) is 3.88. The Morgan fingerprint density at radius 1 is 1.09 bits per heavy atom. The average molecular weight is 466 g/mol. The van der Waals surface area contributed by atoms with Crippen LogP contribution in [0.2, 0.25) is 0 Å². The van der Waals surface area contributed by atoms with Crippen LogP contribution in [0.5, 0.6) is 0 Å². The molecule has 4 rings (SSSR count). The van der Waals surface area contributed by atoms with E-state index in [0.717, 1.165) is 29.1 Å². The second-order valence-corrected chi connectivity index (χ2v) is 9.99. The normalized spacial score (nSPS) is 19.5. The van der Waals surface area contributed by atoms with Gasteiger partial charge < -0.3 is 15.5 Å². The van der Waals surface area contributed by atoms with Crippen LogP contribution in [0.1, 0.15) is 45.1 Å². The zero-order valence-corrected chi connectivity index (χ0v) is 20.1. The number of hydrogen-bond acceptors (Lipinski definition) is 4. The van der Waals surface area contributed by atoms with Gasteiger partial charge in [-0.25, -0.2) is 8.78 Å². The fourth-order valence-corrected chi connectivity index (χ4v) is 4.82.